The van der Waals surface area contributed by atoms with E-state index in [-0.39, 0.29) is 126 Å². The van der Waals surface area contributed by atoms with Crippen molar-refractivity contribution in [1.82, 2.24) is 24.9 Å². The minimum Gasteiger partial charge on any atom is -1.00 e. The molecule has 0 aliphatic carbocycles. The summed E-state index contributed by atoms with van der Waals surface area (Å²) in [5.41, 5.74) is 9.21. The van der Waals surface area contributed by atoms with Gasteiger partial charge in [0.05, 0.1) is 68.2 Å². The smallest absolute Gasteiger partial charge is 1.00 e. The van der Waals surface area contributed by atoms with Crippen molar-refractivity contribution in [2.24, 2.45) is 0 Å². The number of aromatic carboxylic acids is 1. The molecule has 2 atom stereocenters. The number of nitrogens with one attached hydrogen (secondary N) is 5. The third kappa shape index (κ3) is 18.4. The number of aromatic amines is 5. The van der Waals surface area contributed by atoms with Crippen LogP contribution in [-0.2, 0) is 18.9 Å². The Hall–Kier alpha value is -6.83. The van der Waals surface area contributed by atoms with Crippen molar-refractivity contribution in [1.29, 1.82) is 0 Å². The van der Waals surface area contributed by atoms with Crippen molar-refractivity contribution in [2.75, 3.05) is 28.4 Å². The van der Waals surface area contributed by atoms with Gasteiger partial charge in [-0.2, -0.15) is 22.4 Å². The first-order valence-corrected chi connectivity index (χ1v) is 26.3. The molecule has 0 bridgehead atoms. The number of carboxylic acids is 1. The number of aromatic nitrogens is 5. The summed E-state index contributed by atoms with van der Waals surface area (Å²) in [6.45, 7) is 10.2. The topological polar surface area (TPSA) is 279 Å². The fourth-order valence-electron chi connectivity index (χ4n) is 8.34. The maximum Gasteiger partial charge on any atom is 1.00 e. The van der Waals surface area contributed by atoms with Gasteiger partial charge in [-0.3, -0.25) is 4.79 Å². The fourth-order valence-corrected chi connectivity index (χ4v) is 8.78. The predicted octanol–water partition coefficient (Wildman–Crippen LogP) is 9.87. The Balaban J connectivity index is 0.000000540. The molecular weight excluding hydrogens is 1360 g/mol. The van der Waals surface area contributed by atoms with Gasteiger partial charge in [-0.15, -0.1) is 0 Å². The van der Waals surface area contributed by atoms with Gasteiger partial charge in [0.15, 0.2) is 11.5 Å². The largest absolute Gasteiger partial charge is 1.00 e. The van der Waals surface area contributed by atoms with Gasteiger partial charge in [0.2, 0.25) is 0 Å². The van der Waals surface area contributed by atoms with E-state index in [1.54, 1.807) is 60.5 Å². The van der Waals surface area contributed by atoms with Gasteiger partial charge in [0, 0.05) is 45.4 Å². The van der Waals surface area contributed by atoms with E-state index in [0.29, 0.717) is 54.7 Å². The molecule has 0 fully saturated rings. The van der Waals surface area contributed by atoms with Crippen molar-refractivity contribution in [3.8, 4) is 0 Å². The van der Waals surface area contributed by atoms with E-state index in [1.165, 1.54) is 102 Å². The summed E-state index contributed by atoms with van der Waals surface area (Å²) < 4.78 is 86.3. The Morgan fingerprint density at radius 3 is 1.07 bits per heavy atom. The third-order valence-electron chi connectivity index (χ3n) is 12.3. The normalized spacial score (nSPS) is 10.7. The molecule has 5 aromatic heterocycles. The number of ether oxygens (including phenoxy) is 4. The monoisotopic (exact) mass is 1410 g/mol. The minimum atomic E-state index is -1.16. The molecule has 10 aromatic rings. The van der Waals surface area contributed by atoms with Crippen LogP contribution in [0.25, 0.3) is 60.1 Å². The van der Waals surface area contributed by atoms with Crippen LogP contribution in [0.1, 0.15) is 127 Å². The van der Waals surface area contributed by atoms with E-state index in [9.17, 15) is 60.9 Å². The summed E-state index contributed by atoms with van der Waals surface area (Å²) in [6.07, 6.45) is -1.51. The van der Waals surface area contributed by atoms with Crippen LogP contribution in [0.3, 0.4) is 0 Å². The number of hydrogen-bond acceptors (Lipinski definition) is 12. The van der Waals surface area contributed by atoms with Gasteiger partial charge in [-0.25, -0.2) is 45.9 Å². The maximum absolute atomic E-state index is 13.6. The average molecular weight is 1420 g/mol. The number of benzene rings is 5. The molecule has 0 saturated carbocycles. The van der Waals surface area contributed by atoms with Crippen LogP contribution in [0.5, 0.6) is 0 Å². The minimum absolute atomic E-state index is 0. The number of allylic oxidation sites excluding steroid dienone is 1. The summed E-state index contributed by atoms with van der Waals surface area (Å²) >= 11 is 4.93. The Morgan fingerprint density at radius 2 is 0.761 bits per heavy atom. The molecule has 0 amide bonds. The van der Waals surface area contributed by atoms with Crippen molar-refractivity contribution >= 4 is 157 Å². The quantitative estimate of drug-likeness (QED) is 0.0167. The molecule has 0 spiro atoms. The van der Waals surface area contributed by atoms with E-state index < -0.39 is 71.1 Å². The Bertz CT molecular complexity index is 4000. The molecule has 453 valence electrons. The molecule has 0 aliphatic rings. The zero-order valence-electron chi connectivity index (χ0n) is 47.8. The van der Waals surface area contributed by atoms with E-state index in [1.807, 2.05) is 6.92 Å². The van der Waals surface area contributed by atoms with Crippen molar-refractivity contribution in [3.63, 3.8) is 0 Å². The number of aliphatic hydroxyl groups excluding tert-OH is 2. The van der Waals surface area contributed by atoms with E-state index >= 15 is 0 Å². The standard InChI is InChI=1S/C13H12FNO2.C12H12FNO3.C12H10FNO3.C11H10FNO3.C10H7BrFNO2.CH4.BI.2B.K/c1-7(2)8-4-5-10(14)12-9(8)6-11(15-12)13(16)17-3;2*1-6(15)7-3-4-9(13)11-8(7)5-10(14-11)12(16)17-2;1-5(14)6-2-3-8(12)10-7(6)4-9(13-10)11(15)16;1-15-10(14)8-4-5-6(11)2-3-7(12)9(5)13-8;;1-2;;;/h4-6,15H,1H2,2-3H3;3-6,14-15H,1-2H3;3-5,14H,1-2H3;2-5,13-14H,1H3,(H,15,16);2-4,13H,1H3;1H4;;;;/q;;;;;;;;-1;+1. The van der Waals surface area contributed by atoms with Crippen molar-refractivity contribution in [3.05, 3.63) is 182 Å². The molecule has 0 saturated heterocycles. The molecule has 88 heavy (non-hydrogen) atoms. The van der Waals surface area contributed by atoms with Crippen molar-refractivity contribution < 1.29 is 136 Å². The van der Waals surface area contributed by atoms with E-state index in [2.05, 4.69) is 72.1 Å². The number of hydrogen-bond donors (Lipinski definition) is 8. The van der Waals surface area contributed by atoms with Gasteiger partial charge in [0.1, 0.15) is 57.6 Å². The Kier molecular flexibility index (Phi) is 31.8. The summed E-state index contributed by atoms with van der Waals surface area (Å²) in [4.78, 5) is 80.5. The zero-order valence-corrected chi connectivity index (χ0v) is 54.7. The van der Waals surface area contributed by atoms with Crippen LogP contribution in [0.2, 0.25) is 0 Å². The molecule has 9 radical (unpaired) electrons. The molecule has 2 unspecified atom stereocenters. The van der Waals surface area contributed by atoms with Crippen LogP contribution < -0.4 is 51.4 Å². The van der Waals surface area contributed by atoms with Gasteiger partial charge >= 0.3 is 81.2 Å². The molecule has 29 heteroatoms. The molecule has 18 nitrogen and oxygen atoms in total. The van der Waals surface area contributed by atoms with Crippen LogP contribution in [0, 0.1) is 29.1 Å². The number of rotatable bonds is 9. The number of H-pyrrole nitrogens is 5. The second-order valence-electron chi connectivity index (χ2n) is 17.8. The van der Waals surface area contributed by atoms with Crippen LogP contribution >= 0.6 is 38.3 Å². The SMILES string of the molecule is C.C=C(C)c1ccc(F)c2[nH]c(C(=O)OC)cc12.CC(O)c1ccc(F)c2[nH]c(C(=O)O)cc12.COC(=O)c1cc2c(Br)ccc(F)c2[nH]1.COC(=O)c1cc2c(C(C)=O)ccc(F)c2[nH]1.COC(=O)c1cc2c(C(C)O)ccc(F)c2[nH]1.[B-].[B].[B]I.[K+]. The summed E-state index contributed by atoms with van der Waals surface area (Å²) in [5, 5.41) is 30.4. The predicted molar refractivity (Wildman–Crippen MR) is 335 cm³/mol. The molecular formula is C59H55B3BrF5IKN5O13. The number of carbonyl (C=O) groups is 6. The van der Waals surface area contributed by atoms with Crippen LogP contribution in [0.15, 0.2) is 102 Å². The number of methoxy groups -OCH3 is 4. The average Bonchev–Trinajstić information content (AvgIpc) is 4.09. The van der Waals surface area contributed by atoms with Crippen molar-refractivity contribution in [2.45, 2.75) is 47.3 Å². The first kappa shape index (κ1) is 79.2. The molecule has 5 aromatic carbocycles. The number of esters is 4. The first-order valence-electron chi connectivity index (χ1n) is 24.3. The number of carbonyl (C=O) groups excluding carboxylic acids is 5. The third-order valence-corrected chi connectivity index (χ3v) is 13.0. The fraction of sp³-hybridized carbons (Fsp3) is 0.186. The van der Waals surface area contributed by atoms with Gasteiger partial charge in [0.25, 0.3) is 0 Å². The zero-order chi connectivity index (χ0) is 62.6. The number of Topliss-reactive ketones (excluding diaryl/α,β-unsaturated/α-hetero) is 1. The number of halogens is 7. The summed E-state index contributed by atoms with van der Waals surface area (Å²) in [7, 11) is 5.04. The van der Waals surface area contributed by atoms with Gasteiger partial charge in [-0.1, -0.05) is 53.7 Å². The first-order chi connectivity index (χ1) is 39.8. The Morgan fingerprint density at radius 1 is 0.500 bits per heavy atom. The number of fused-ring (bicyclic) bond motifs is 5. The molecule has 0 aliphatic heterocycles. The second-order valence-corrected chi connectivity index (χ2v) is 18.7. The summed E-state index contributed by atoms with van der Waals surface area (Å²) in [6, 6.07) is 21.2. The van der Waals surface area contributed by atoms with E-state index in [4.69, 9.17) is 5.11 Å². The number of aliphatic hydroxyl groups is 2. The molecule has 10 rings (SSSR count). The Labute approximate surface area is 570 Å². The number of ketones is 1. The molecule has 5 heterocycles. The maximum atomic E-state index is 13.6. The van der Waals surface area contributed by atoms with E-state index in [0.717, 1.165) is 15.6 Å². The van der Waals surface area contributed by atoms with Gasteiger partial charge in [-0.05, 0) is 117 Å². The van der Waals surface area contributed by atoms with Gasteiger partial charge < -0.3 is 67.6 Å². The van der Waals surface area contributed by atoms with Crippen LogP contribution in [-0.4, -0.2) is 127 Å². The summed E-state index contributed by atoms with van der Waals surface area (Å²) in [5.74, 6) is -5.88. The molecule has 8 N–H and O–H groups in total. The number of carboxylic acid groups (broad SMARTS) is 1. The second kappa shape index (κ2) is 35.4. The van der Waals surface area contributed by atoms with Crippen LogP contribution in [0.4, 0.5) is 22.0 Å².